The van der Waals surface area contributed by atoms with Crippen LogP contribution in [0, 0.1) is 0 Å². The molecule has 3 heteroatoms. The highest BCUT2D eigenvalue weighted by molar-refractivity contribution is 7.98. The summed E-state index contributed by atoms with van der Waals surface area (Å²) in [5, 5.41) is 2.41. The lowest BCUT2D eigenvalue weighted by atomic mass is 10.2. The number of nitrogens with one attached hydrogen (secondary N) is 1. The highest BCUT2D eigenvalue weighted by atomic mass is 32.2. The summed E-state index contributed by atoms with van der Waals surface area (Å²) in [5.74, 6) is 0.891. The van der Waals surface area contributed by atoms with Crippen molar-refractivity contribution in [1.29, 1.82) is 0 Å². The van der Waals surface area contributed by atoms with Gasteiger partial charge in [0.2, 0.25) is 0 Å². The second kappa shape index (κ2) is 3.34. The minimum atomic E-state index is 0.891. The lowest BCUT2D eigenvalue weighted by Gasteiger charge is -1.97. The predicted molar refractivity (Wildman–Crippen MR) is 56.6 cm³/mol. The maximum Gasteiger partial charge on any atom is 0.120 e. The summed E-state index contributed by atoms with van der Waals surface area (Å²) in [7, 11) is 1.68. The van der Waals surface area contributed by atoms with E-state index >= 15 is 0 Å². The number of hydrogen-bond acceptors (Lipinski definition) is 2. The zero-order valence-electron chi connectivity index (χ0n) is 7.63. The SMILES string of the molecule is COc1ccc2cc(SC)[nH]c2c1. The van der Waals surface area contributed by atoms with Crippen LogP contribution in [-0.4, -0.2) is 18.3 Å². The number of rotatable bonds is 2. The molecule has 0 aliphatic heterocycles. The summed E-state index contributed by atoms with van der Waals surface area (Å²) in [5.41, 5.74) is 1.13. The van der Waals surface area contributed by atoms with Crippen LogP contribution in [0.1, 0.15) is 0 Å². The van der Waals surface area contributed by atoms with Gasteiger partial charge in [0, 0.05) is 17.0 Å². The van der Waals surface area contributed by atoms with Gasteiger partial charge in [-0.15, -0.1) is 11.8 Å². The summed E-state index contributed by atoms with van der Waals surface area (Å²) in [4.78, 5) is 3.30. The topological polar surface area (TPSA) is 25.0 Å². The van der Waals surface area contributed by atoms with Gasteiger partial charge in [-0.1, -0.05) is 0 Å². The van der Waals surface area contributed by atoms with Gasteiger partial charge >= 0.3 is 0 Å². The molecule has 0 atom stereocenters. The molecule has 2 aromatic rings. The molecular formula is C10H11NOS. The third-order valence-electron chi connectivity index (χ3n) is 2.02. The van der Waals surface area contributed by atoms with E-state index in [0.717, 1.165) is 11.3 Å². The summed E-state index contributed by atoms with van der Waals surface area (Å²) >= 11 is 1.71. The number of aromatic nitrogens is 1. The number of aromatic amines is 1. The van der Waals surface area contributed by atoms with Crippen molar-refractivity contribution in [3.63, 3.8) is 0 Å². The molecule has 2 rings (SSSR count). The Balaban J connectivity index is 2.57. The second-order valence-electron chi connectivity index (χ2n) is 2.79. The van der Waals surface area contributed by atoms with E-state index in [1.165, 1.54) is 10.4 Å². The van der Waals surface area contributed by atoms with Gasteiger partial charge < -0.3 is 9.72 Å². The molecule has 0 spiro atoms. The Labute approximate surface area is 81.3 Å². The molecule has 0 unspecified atom stereocenters. The normalized spacial score (nSPS) is 10.6. The molecule has 0 aliphatic carbocycles. The van der Waals surface area contributed by atoms with Crippen LogP contribution in [0.2, 0.25) is 0 Å². The van der Waals surface area contributed by atoms with Crippen LogP contribution >= 0.6 is 11.8 Å². The third-order valence-corrected chi connectivity index (χ3v) is 2.68. The first-order chi connectivity index (χ1) is 6.33. The smallest absolute Gasteiger partial charge is 0.120 e. The lowest BCUT2D eigenvalue weighted by Crippen LogP contribution is -1.80. The largest absolute Gasteiger partial charge is 0.497 e. The number of hydrogen-bond donors (Lipinski definition) is 1. The molecule has 68 valence electrons. The quantitative estimate of drug-likeness (QED) is 0.742. The van der Waals surface area contributed by atoms with Crippen molar-refractivity contribution in [2.24, 2.45) is 0 Å². The molecule has 1 heterocycles. The van der Waals surface area contributed by atoms with E-state index in [1.54, 1.807) is 18.9 Å². The van der Waals surface area contributed by atoms with Crippen LogP contribution in [0.4, 0.5) is 0 Å². The third kappa shape index (κ3) is 1.52. The number of H-pyrrole nitrogens is 1. The first kappa shape index (κ1) is 8.51. The van der Waals surface area contributed by atoms with Gasteiger partial charge in [0.1, 0.15) is 5.75 Å². The van der Waals surface area contributed by atoms with E-state index in [9.17, 15) is 0 Å². The van der Waals surface area contributed by atoms with Crippen molar-refractivity contribution in [2.75, 3.05) is 13.4 Å². The standard InChI is InChI=1S/C10H11NOS/c1-12-8-4-3-7-5-10(13-2)11-9(7)6-8/h3-6,11H,1-2H3. The predicted octanol–water partition coefficient (Wildman–Crippen LogP) is 2.90. The first-order valence-corrected chi connectivity index (χ1v) is 5.26. The highest BCUT2D eigenvalue weighted by Gasteiger charge is 2.00. The number of methoxy groups -OCH3 is 1. The van der Waals surface area contributed by atoms with Gasteiger partial charge in [0.15, 0.2) is 0 Å². The van der Waals surface area contributed by atoms with Crippen LogP contribution in [-0.2, 0) is 0 Å². The molecule has 0 aliphatic rings. The fourth-order valence-electron chi connectivity index (χ4n) is 1.32. The Morgan fingerprint density at radius 2 is 2.15 bits per heavy atom. The minimum absolute atomic E-state index is 0.891. The van der Waals surface area contributed by atoms with Gasteiger partial charge in [-0.2, -0.15) is 0 Å². The Hall–Kier alpha value is -1.09. The molecule has 0 saturated heterocycles. The monoisotopic (exact) mass is 193 g/mol. The van der Waals surface area contributed by atoms with Crippen LogP contribution in [0.3, 0.4) is 0 Å². The molecule has 0 saturated carbocycles. The average molecular weight is 193 g/mol. The van der Waals surface area contributed by atoms with Crippen molar-refractivity contribution < 1.29 is 4.74 Å². The van der Waals surface area contributed by atoms with E-state index in [-0.39, 0.29) is 0 Å². The summed E-state index contributed by atoms with van der Waals surface area (Å²) in [6.07, 6.45) is 2.06. The van der Waals surface area contributed by atoms with Gasteiger partial charge in [-0.3, -0.25) is 0 Å². The second-order valence-corrected chi connectivity index (χ2v) is 3.64. The maximum absolute atomic E-state index is 5.14. The Bertz CT molecular complexity index is 420. The number of thioether (sulfide) groups is 1. The van der Waals surface area contributed by atoms with Crippen molar-refractivity contribution in [3.8, 4) is 5.75 Å². The van der Waals surface area contributed by atoms with E-state index in [4.69, 9.17) is 4.74 Å². The van der Waals surface area contributed by atoms with Gasteiger partial charge in [0.25, 0.3) is 0 Å². The van der Waals surface area contributed by atoms with E-state index in [0.29, 0.717) is 0 Å². The molecule has 0 amide bonds. The van der Waals surface area contributed by atoms with E-state index in [2.05, 4.69) is 23.4 Å². The van der Waals surface area contributed by atoms with Crippen LogP contribution in [0.5, 0.6) is 5.75 Å². The van der Waals surface area contributed by atoms with Crippen LogP contribution < -0.4 is 4.74 Å². The molecule has 13 heavy (non-hydrogen) atoms. The lowest BCUT2D eigenvalue weighted by molar-refractivity contribution is 0.415. The van der Waals surface area contributed by atoms with Crippen molar-refractivity contribution >= 4 is 22.7 Å². The molecule has 0 bridgehead atoms. The van der Waals surface area contributed by atoms with Crippen LogP contribution in [0.25, 0.3) is 10.9 Å². The first-order valence-electron chi connectivity index (χ1n) is 4.04. The fraction of sp³-hybridized carbons (Fsp3) is 0.200. The van der Waals surface area contributed by atoms with Gasteiger partial charge in [0.05, 0.1) is 12.1 Å². The molecule has 2 nitrogen and oxygen atoms in total. The highest BCUT2D eigenvalue weighted by Crippen LogP contribution is 2.24. The Morgan fingerprint density at radius 3 is 2.85 bits per heavy atom. The summed E-state index contributed by atoms with van der Waals surface area (Å²) in [6.45, 7) is 0. The Morgan fingerprint density at radius 1 is 1.31 bits per heavy atom. The molecule has 0 radical (unpaired) electrons. The fourth-order valence-corrected chi connectivity index (χ4v) is 1.77. The zero-order valence-corrected chi connectivity index (χ0v) is 8.44. The van der Waals surface area contributed by atoms with Crippen molar-refractivity contribution in [3.05, 3.63) is 24.3 Å². The number of ether oxygens (including phenoxy) is 1. The van der Waals surface area contributed by atoms with Crippen molar-refractivity contribution in [1.82, 2.24) is 4.98 Å². The zero-order chi connectivity index (χ0) is 9.26. The Kier molecular flexibility index (Phi) is 2.19. The van der Waals surface area contributed by atoms with Crippen LogP contribution in [0.15, 0.2) is 29.3 Å². The number of fused-ring (bicyclic) bond motifs is 1. The maximum atomic E-state index is 5.14. The molecular weight excluding hydrogens is 182 g/mol. The molecule has 1 N–H and O–H groups in total. The molecule has 0 fully saturated rings. The van der Waals surface area contributed by atoms with E-state index < -0.39 is 0 Å². The summed E-state index contributed by atoms with van der Waals surface area (Å²) in [6, 6.07) is 8.18. The summed E-state index contributed by atoms with van der Waals surface area (Å²) < 4.78 is 5.14. The molecule has 1 aromatic carbocycles. The van der Waals surface area contributed by atoms with E-state index in [1.807, 2.05) is 12.1 Å². The van der Waals surface area contributed by atoms with Crippen molar-refractivity contribution in [2.45, 2.75) is 5.03 Å². The minimum Gasteiger partial charge on any atom is -0.497 e. The number of benzene rings is 1. The average Bonchev–Trinajstić information content (AvgIpc) is 2.58. The van der Waals surface area contributed by atoms with Gasteiger partial charge in [-0.25, -0.2) is 0 Å². The molecule has 1 aromatic heterocycles. The van der Waals surface area contributed by atoms with Gasteiger partial charge in [-0.05, 0) is 24.5 Å².